The minimum Gasteiger partial charge on any atom is -0.516 e. The van der Waals surface area contributed by atoms with Gasteiger partial charge in [0, 0.05) is 6.42 Å². The summed E-state index contributed by atoms with van der Waals surface area (Å²) in [5.74, 6) is -0.000113. The molecule has 0 saturated carbocycles. The predicted molar refractivity (Wildman–Crippen MR) is 102 cm³/mol. The van der Waals surface area contributed by atoms with Crippen molar-refractivity contribution >= 4 is 15.7 Å². The second kappa shape index (κ2) is 19.7. The fourth-order valence-corrected chi connectivity index (χ4v) is 3.25. The van der Waals surface area contributed by atoms with E-state index in [2.05, 4.69) is 6.92 Å². The lowest BCUT2D eigenvalue weighted by molar-refractivity contribution is -0.134. The molecule has 0 bridgehead atoms. The highest BCUT2D eigenvalue weighted by Crippen LogP contribution is 2.13. The number of hydrogen-bond donors (Lipinski definition) is 0. The molecule has 0 heterocycles. The summed E-state index contributed by atoms with van der Waals surface area (Å²) < 4.78 is 5.10. The van der Waals surface area contributed by atoms with Gasteiger partial charge in [-0.3, -0.25) is 4.79 Å². The maximum absolute atomic E-state index is 11.3. The molecule has 0 aliphatic heterocycles. The van der Waals surface area contributed by atoms with Crippen molar-refractivity contribution in [1.82, 2.24) is 0 Å². The fraction of sp³-hybridized carbons (Fsp3) is 0.950. The van der Waals surface area contributed by atoms with Crippen LogP contribution in [0.4, 0.5) is 0 Å². The van der Waals surface area contributed by atoms with Crippen LogP contribution in [0.15, 0.2) is 0 Å². The molecule has 0 fully saturated rings. The zero-order valence-corrected chi connectivity index (χ0v) is 16.8. The zero-order chi connectivity index (χ0) is 17.0. The van der Waals surface area contributed by atoms with Crippen LogP contribution in [0.1, 0.15) is 117 Å². The van der Waals surface area contributed by atoms with E-state index in [1.807, 2.05) is 6.92 Å². The Labute approximate surface area is 148 Å². The summed E-state index contributed by atoms with van der Waals surface area (Å²) in [4.78, 5) is 11.3. The summed E-state index contributed by atoms with van der Waals surface area (Å²) >= 11 is 0. The van der Waals surface area contributed by atoms with E-state index in [-0.39, 0.29) is 5.97 Å². The first-order valence-corrected chi connectivity index (χ1v) is 11.3. The van der Waals surface area contributed by atoms with E-state index in [1.165, 1.54) is 89.9 Å². The summed E-state index contributed by atoms with van der Waals surface area (Å²) in [7, 11) is 0.357. The summed E-state index contributed by atoms with van der Waals surface area (Å²) in [5, 5.41) is 0. The molecule has 23 heavy (non-hydrogen) atoms. The topological polar surface area (TPSA) is 26.3 Å². The van der Waals surface area contributed by atoms with Crippen molar-refractivity contribution in [3.05, 3.63) is 0 Å². The van der Waals surface area contributed by atoms with Crippen molar-refractivity contribution in [3.63, 3.8) is 0 Å². The zero-order valence-electron chi connectivity index (χ0n) is 15.8. The number of unbranched alkanes of at least 4 members (excludes halogenated alkanes) is 14. The molecule has 0 saturated heterocycles. The standard InChI is InChI=1S/C20H40O2Si/c1-3-5-6-7-8-9-10-11-12-13-14-15-16-17-18-19-20(21)22-23-4-2/h3-19H2,1-2H3. The molecule has 0 unspecified atom stereocenters. The van der Waals surface area contributed by atoms with Gasteiger partial charge in [0.2, 0.25) is 0 Å². The largest absolute Gasteiger partial charge is 0.516 e. The Hall–Kier alpha value is -0.313. The summed E-state index contributed by atoms with van der Waals surface area (Å²) in [5.41, 5.74) is 0. The van der Waals surface area contributed by atoms with E-state index < -0.39 is 0 Å². The van der Waals surface area contributed by atoms with Gasteiger partial charge in [0.05, 0.1) is 0 Å². The van der Waals surface area contributed by atoms with Crippen LogP contribution in [0.2, 0.25) is 6.04 Å². The first kappa shape index (κ1) is 22.7. The second-order valence-electron chi connectivity index (χ2n) is 6.67. The van der Waals surface area contributed by atoms with Gasteiger partial charge in [-0.05, 0) is 12.5 Å². The van der Waals surface area contributed by atoms with Gasteiger partial charge >= 0.3 is 9.76 Å². The van der Waals surface area contributed by atoms with Gasteiger partial charge in [0.1, 0.15) is 0 Å². The van der Waals surface area contributed by atoms with E-state index >= 15 is 0 Å². The van der Waals surface area contributed by atoms with Gasteiger partial charge in [0.15, 0.2) is 0 Å². The second-order valence-corrected chi connectivity index (χ2v) is 7.87. The number of carbonyl (C=O) groups excluding carboxylic acids is 1. The molecule has 2 radical (unpaired) electrons. The summed E-state index contributed by atoms with van der Waals surface area (Å²) in [6.07, 6.45) is 21.0. The average molecular weight is 341 g/mol. The smallest absolute Gasteiger partial charge is 0.314 e. The van der Waals surface area contributed by atoms with E-state index in [0.29, 0.717) is 16.2 Å². The lowest BCUT2D eigenvalue weighted by Crippen LogP contribution is -2.07. The Bertz CT molecular complexity index is 244. The molecule has 0 aromatic heterocycles. The minimum absolute atomic E-state index is 0.000113. The van der Waals surface area contributed by atoms with Crippen molar-refractivity contribution in [1.29, 1.82) is 0 Å². The highest BCUT2D eigenvalue weighted by Gasteiger charge is 2.02. The molecule has 0 aliphatic carbocycles. The first-order valence-electron chi connectivity index (χ1n) is 10.2. The van der Waals surface area contributed by atoms with E-state index in [4.69, 9.17) is 4.43 Å². The molecule has 0 N–H and O–H groups in total. The van der Waals surface area contributed by atoms with Crippen LogP contribution in [0.25, 0.3) is 0 Å². The van der Waals surface area contributed by atoms with Crippen molar-refractivity contribution in [3.8, 4) is 0 Å². The van der Waals surface area contributed by atoms with E-state index in [0.717, 1.165) is 12.5 Å². The third kappa shape index (κ3) is 19.6. The van der Waals surface area contributed by atoms with Crippen LogP contribution in [0.3, 0.4) is 0 Å². The maximum Gasteiger partial charge on any atom is 0.314 e. The Morgan fingerprint density at radius 2 is 1.04 bits per heavy atom. The highest BCUT2D eigenvalue weighted by molar-refractivity contribution is 6.30. The molecule has 0 amide bonds. The van der Waals surface area contributed by atoms with E-state index in [1.54, 1.807) is 0 Å². The lowest BCUT2D eigenvalue weighted by atomic mass is 10.0. The molecule has 2 nitrogen and oxygen atoms in total. The molecule has 0 spiro atoms. The number of hydrogen-bond acceptors (Lipinski definition) is 2. The van der Waals surface area contributed by atoms with Gasteiger partial charge in [-0.25, -0.2) is 0 Å². The van der Waals surface area contributed by atoms with Crippen molar-refractivity contribution in [2.75, 3.05) is 0 Å². The van der Waals surface area contributed by atoms with Gasteiger partial charge < -0.3 is 4.43 Å². The molecule has 0 aliphatic rings. The quantitative estimate of drug-likeness (QED) is 0.201. The van der Waals surface area contributed by atoms with Gasteiger partial charge in [-0.2, -0.15) is 0 Å². The van der Waals surface area contributed by atoms with Crippen molar-refractivity contribution in [2.45, 2.75) is 123 Å². The number of carbonyl (C=O) groups is 1. The highest BCUT2D eigenvalue weighted by atomic mass is 28.2. The van der Waals surface area contributed by atoms with Crippen LogP contribution >= 0.6 is 0 Å². The monoisotopic (exact) mass is 340 g/mol. The Kier molecular flexibility index (Phi) is 19.5. The van der Waals surface area contributed by atoms with Crippen molar-refractivity contribution < 1.29 is 9.22 Å². The van der Waals surface area contributed by atoms with E-state index in [9.17, 15) is 4.79 Å². The Morgan fingerprint density at radius 1 is 0.652 bits per heavy atom. The summed E-state index contributed by atoms with van der Waals surface area (Å²) in [6.45, 7) is 4.32. The molecular weight excluding hydrogens is 300 g/mol. The van der Waals surface area contributed by atoms with Crippen LogP contribution < -0.4 is 0 Å². The summed E-state index contributed by atoms with van der Waals surface area (Å²) in [6, 6.07) is 0.949. The number of rotatable bonds is 18. The molecule has 0 atom stereocenters. The minimum atomic E-state index is -0.000113. The molecule has 0 rings (SSSR count). The maximum atomic E-state index is 11.3. The van der Waals surface area contributed by atoms with Crippen LogP contribution in [0, 0.1) is 0 Å². The van der Waals surface area contributed by atoms with Crippen molar-refractivity contribution in [2.24, 2.45) is 0 Å². The normalized spacial score (nSPS) is 10.9. The molecule has 0 aromatic carbocycles. The average Bonchev–Trinajstić information content (AvgIpc) is 2.56. The third-order valence-corrected chi connectivity index (χ3v) is 4.98. The van der Waals surface area contributed by atoms with Gasteiger partial charge in [-0.15, -0.1) is 0 Å². The fourth-order valence-electron chi connectivity index (χ4n) is 2.84. The molecule has 136 valence electrons. The van der Waals surface area contributed by atoms with Crippen LogP contribution in [0.5, 0.6) is 0 Å². The van der Waals surface area contributed by atoms with Crippen LogP contribution in [-0.4, -0.2) is 15.7 Å². The molecule has 3 heteroatoms. The Morgan fingerprint density at radius 3 is 1.43 bits per heavy atom. The van der Waals surface area contributed by atoms with Crippen LogP contribution in [-0.2, 0) is 9.22 Å². The first-order chi connectivity index (χ1) is 11.3. The molecular formula is C20H40O2Si. The predicted octanol–water partition coefficient (Wildman–Crippen LogP) is 6.85. The third-order valence-electron chi connectivity index (χ3n) is 4.31. The van der Waals surface area contributed by atoms with Gasteiger partial charge in [0.25, 0.3) is 5.97 Å². The lowest BCUT2D eigenvalue weighted by Gasteiger charge is -2.04. The Balaban J connectivity index is 3.04. The molecule has 0 aromatic rings. The SMILES string of the molecule is CCCCCCCCCCCCCCCCCC(=O)O[Si]CC. The van der Waals surface area contributed by atoms with Gasteiger partial charge in [-0.1, -0.05) is 104 Å².